The Morgan fingerprint density at radius 2 is 1.71 bits per heavy atom. The monoisotopic (exact) mass is 323 g/mol. The van der Waals surface area contributed by atoms with Gasteiger partial charge in [-0.3, -0.25) is 4.57 Å². The summed E-state index contributed by atoms with van der Waals surface area (Å²) in [4.78, 5) is 22.1. The van der Waals surface area contributed by atoms with E-state index in [0.29, 0.717) is 6.42 Å². The number of hydrogen-bond donors (Lipinski definition) is 0. The van der Waals surface area contributed by atoms with Crippen molar-refractivity contribution in [2.45, 2.75) is 19.3 Å². The van der Waals surface area contributed by atoms with Crippen LogP contribution in [0.5, 0.6) is 0 Å². The highest BCUT2D eigenvalue weighted by Gasteiger charge is 2.10. The molecule has 0 heterocycles. The van der Waals surface area contributed by atoms with E-state index < -0.39 is 13.8 Å². The van der Waals surface area contributed by atoms with Crippen molar-refractivity contribution in [1.29, 1.82) is 0 Å². The maximum Gasteiger partial charge on any atom is 0.330 e. The van der Waals surface area contributed by atoms with Gasteiger partial charge in [-0.05, 0) is 12.8 Å². The van der Waals surface area contributed by atoms with Crippen LogP contribution in [0.1, 0.15) is 19.3 Å². The molecule has 0 saturated heterocycles. The minimum absolute atomic E-state index is 0.0777. The summed E-state index contributed by atoms with van der Waals surface area (Å²) in [5, 5.41) is 0. The van der Waals surface area contributed by atoms with Crippen molar-refractivity contribution in [3.63, 3.8) is 0 Å². The van der Waals surface area contributed by atoms with Gasteiger partial charge in [-0.1, -0.05) is 6.58 Å². The van der Waals surface area contributed by atoms with Crippen LogP contribution in [0.3, 0.4) is 0 Å². The molecule has 0 rings (SSSR count). The number of carbonyl (C=O) groups excluding carboxylic acids is 1. The fraction of sp³-hybridized carbons (Fsp3) is 0.769. The van der Waals surface area contributed by atoms with E-state index >= 15 is 0 Å². The number of ether oxygens (including phenoxy) is 1. The van der Waals surface area contributed by atoms with Gasteiger partial charge >= 0.3 is 5.97 Å². The van der Waals surface area contributed by atoms with Crippen LogP contribution in [-0.4, -0.2) is 58.0 Å². The standard InChI is InChI=1S/C13H26NO6P/c1-5-13(15)18-10-8-12-20-21(16,17)19-11-7-6-9-14(2,3)4/h5H,1,6-12H2,2-4H3. The predicted octanol–water partition coefficient (Wildman–Crippen LogP) is 1.09. The molecule has 0 fully saturated rings. The number of phosphoric ester groups is 1. The second-order valence-electron chi connectivity index (χ2n) is 5.56. The summed E-state index contributed by atoms with van der Waals surface area (Å²) in [5.41, 5.74) is 0. The lowest BCUT2D eigenvalue weighted by atomic mass is 10.3. The summed E-state index contributed by atoms with van der Waals surface area (Å²) in [6.07, 6.45) is 2.85. The van der Waals surface area contributed by atoms with E-state index in [1.807, 2.05) is 0 Å². The molecular formula is C13H26NO6P. The molecule has 0 aliphatic heterocycles. The number of esters is 1. The van der Waals surface area contributed by atoms with Crippen LogP contribution in [0.25, 0.3) is 0 Å². The maximum atomic E-state index is 11.4. The molecule has 0 radical (unpaired) electrons. The molecule has 7 nitrogen and oxygen atoms in total. The van der Waals surface area contributed by atoms with E-state index in [2.05, 4.69) is 37.0 Å². The number of carbonyl (C=O) groups is 1. The largest absolute Gasteiger partial charge is 0.756 e. The smallest absolute Gasteiger partial charge is 0.330 e. The van der Waals surface area contributed by atoms with Gasteiger partial charge in [-0.2, -0.15) is 0 Å². The van der Waals surface area contributed by atoms with Crippen molar-refractivity contribution < 1.29 is 32.5 Å². The molecule has 0 spiro atoms. The molecule has 0 aromatic carbocycles. The van der Waals surface area contributed by atoms with Crippen LogP contribution in [0.4, 0.5) is 0 Å². The highest BCUT2D eigenvalue weighted by Crippen LogP contribution is 2.38. The third-order valence-corrected chi connectivity index (χ3v) is 3.42. The van der Waals surface area contributed by atoms with Crippen LogP contribution in [0.2, 0.25) is 0 Å². The van der Waals surface area contributed by atoms with Crippen molar-refractivity contribution in [2.24, 2.45) is 0 Å². The van der Waals surface area contributed by atoms with Crippen molar-refractivity contribution >= 4 is 13.8 Å². The molecule has 1 atom stereocenters. The molecule has 0 bridgehead atoms. The molecule has 0 aromatic heterocycles. The van der Waals surface area contributed by atoms with E-state index in [4.69, 9.17) is 4.52 Å². The first kappa shape index (κ1) is 20.3. The molecule has 0 aromatic rings. The van der Waals surface area contributed by atoms with Gasteiger partial charge in [-0.15, -0.1) is 0 Å². The van der Waals surface area contributed by atoms with Crippen molar-refractivity contribution in [3.8, 4) is 0 Å². The number of quaternary nitrogens is 1. The number of nitrogens with zero attached hydrogens (tertiary/aromatic N) is 1. The zero-order valence-electron chi connectivity index (χ0n) is 13.1. The van der Waals surface area contributed by atoms with Crippen molar-refractivity contribution in [2.75, 3.05) is 47.5 Å². The van der Waals surface area contributed by atoms with Crippen LogP contribution >= 0.6 is 7.82 Å². The molecular weight excluding hydrogens is 297 g/mol. The third kappa shape index (κ3) is 14.0. The molecule has 0 aliphatic carbocycles. The molecule has 0 saturated carbocycles. The number of phosphoric acid groups is 1. The highest BCUT2D eigenvalue weighted by molar-refractivity contribution is 7.45. The SMILES string of the molecule is C=CC(=O)OCCCOP(=O)([O-])OCCCC[N+](C)(C)C. The Labute approximate surface area is 126 Å². The molecule has 0 N–H and O–H groups in total. The second kappa shape index (κ2) is 10.1. The average Bonchev–Trinajstić information content (AvgIpc) is 2.36. The normalized spacial score (nSPS) is 14.5. The van der Waals surface area contributed by atoms with Crippen LogP contribution in [0, 0.1) is 0 Å². The Bertz CT molecular complexity index is 366. The Morgan fingerprint density at radius 3 is 2.24 bits per heavy atom. The molecule has 21 heavy (non-hydrogen) atoms. The summed E-state index contributed by atoms with van der Waals surface area (Å²) < 4.78 is 26.3. The lowest BCUT2D eigenvalue weighted by molar-refractivity contribution is -0.870. The fourth-order valence-corrected chi connectivity index (χ4v) is 2.15. The fourth-order valence-electron chi connectivity index (χ4n) is 1.37. The molecule has 0 aliphatic rings. The summed E-state index contributed by atoms with van der Waals surface area (Å²) >= 11 is 0. The van der Waals surface area contributed by atoms with E-state index in [9.17, 15) is 14.3 Å². The van der Waals surface area contributed by atoms with E-state index in [1.54, 1.807) is 0 Å². The maximum absolute atomic E-state index is 11.4. The van der Waals surface area contributed by atoms with Gasteiger partial charge in [0.05, 0.1) is 47.5 Å². The van der Waals surface area contributed by atoms with Crippen molar-refractivity contribution in [1.82, 2.24) is 0 Å². The highest BCUT2D eigenvalue weighted by atomic mass is 31.2. The van der Waals surface area contributed by atoms with E-state index in [0.717, 1.165) is 23.5 Å². The minimum Gasteiger partial charge on any atom is -0.756 e. The zero-order chi connectivity index (χ0) is 16.4. The Kier molecular flexibility index (Phi) is 9.74. The number of unbranched alkanes of at least 4 members (excludes halogenated alkanes) is 1. The third-order valence-electron chi connectivity index (χ3n) is 2.42. The molecule has 0 amide bonds. The minimum atomic E-state index is -4.26. The topological polar surface area (TPSA) is 84.9 Å². The zero-order valence-corrected chi connectivity index (χ0v) is 14.0. The molecule has 8 heteroatoms. The summed E-state index contributed by atoms with van der Waals surface area (Å²) in [6, 6.07) is 0. The molecule has 124 valence electrons. The quantitative estimate of drug-likeness (QED) is 0.176. The number of rotatable bonds is 12. The van der Waals surface area contributed by atoms with Gasteiger partial charge in [0.1, 0.15) is 0 Å². The first-order valence-corrected chi connectivity index (χ1v) is 8.32. The van der Waals surface area contributed by atoms with Gasteiger partial charge in [0.2, 0.25) is 0 Å². The van der Waals surface area contributed by atoms with Gasteiger partial charge in [0, 0.05) is 12.5 Å². The summed E-state index contributed by atoms with van der Waals surface area (Å²) in [7, 11) is 1.95. The van der Waals surface area contributed by atoms with E-state index in [1.165, 1.54) is 0 Å². The van der Waals surface area contributed by atoms with Crippen LogP contribution in [-0.2, 0) is 23.1 Å². The first-order chi connectivity index (χ1) is 9.66. The predicted molar refractivity (Wildman–Crippen MR) is 77.4 cm³/mol. The Hall–Kier alpha value is -0.720. The van der Waals surface area contributed by atoms with Gasteiger partial charge < -0.3 is 23.2 Å². The lowest BCUT2D eigenvalue weighted by Gasteiger charge is -2.25. The van der Waals surface area contributed by atoms with Crippen LogP contribution in [0.15, 0.2) is 12.7 Å². The lowest BCUT2D eigenvalue weighted by Crippen LogP contribution is -2.35. The Balaban J connectivity index is 3.63. The van der Waals surface area contributed by atoms with Gasteiger partial charge in [0.15, 0.2) is 0 Å². The number of hydrogen-bond acceptors (Lipinski definition) is 6. The first-order valence-electron chi connectivity index (χ1n) is 6.86. The second-order valence-corrected chi connectivity index (χ2v) is 6.97. The summed E-state index contributed by atoms with van der Waals surface area (Å²) in [5.74, 6) is -0.547. The van der Waals surface area contributed by atoms with Crippen molar-refractivity contribution in [3.05, 3.63) is 12.7 Å². The van der Waals surface area contributed by atoms with Gasteiger partial charge in [-0.25, -0.2) is 4.79 Å². The average molecular weight is 323 g/mol. The van der Waals surface area contributed by atoms with Crippen LogP contribution < -0.4 is 4.89 Å². The summed E-state index contributed by atoms with van der Waals surface area (Å²) in [6.45, 7) is 4.30. The van der Waals surface area contributed by atoms with E-state index in [-0.39, 0.29) is 26.2 Å². The van der Waals surface area contributed by atoms with Gasteiger partial charge in [0.25, 0.3) is 7.82 Å². The Morgan fingerprint density at radius 1 is 1.14 bits per heavy atom. The molecule has 1 unspecified atom stereocenters.